The van der Waals surface area contributed by atoms with E-state index in [4.69, 9.17) is 0 Å². The molecular weight excluding hydrogens is 685 g/mol. The molecule has 0 radical (unpaired) electrons. The zero-order valence-electron chi connectivity index (χ0n) is 29.5. The van der Waals surface area contributed by atoms with E-state index in [0.717, 1.165) is 33.3 Å². The van der Waals surface area contributed by atoms with Crippen LogP contribution in [-0.2, 0) is 0 Å². The van der Waals surface area contributed by atoms with E-state index in [-0.39, 0.29) is 17.3 Å². The van der Waals surface area contributed by atoms with Gasteiger partial charge in [0.2, 0.25) is 0 Å². The minimum absolute atomic E-state index is 0.0752. The summed E-state index contributed by atoms with van der Waals surface area (Å²) >= 11 is 0. The minimum Gasteiger partial charge on any atom is -0.507 e. The van der Waals surface area contributed by atoms with Gasteiger partial charge in [-0.05, 0) is 36.4 Å². The number of rotatable bonds is 6. The van der Waals surface area contributed by atoms with Crippen LogP contribution >= 0.6 is 0 Å². The largest absolute Gasteiger partial charge is 0.507 e. The molecular formula is C46H34N6O3. The number of phenolic OH excluding ortho intramolecular Hbond substituents is 2. The molecule has 0 spiro atoms. The van der Waals surface area contributed by atoms with E-state index in [0.29, 0.717) is 28.7 Å². The van der Waals surface area contributed by atoms with E-state index in [1.165, 1.54) is 4.80 Å². The van der Waals surface area contributed by atoms with Crippen molar-refractivity contribution in [3.8, 4) is 51.3 Å². The summed E-state index contributed by atoms with van der Waals surface area (Å²) < 4.78 is 0. The summed E-state index contributed by atoms with van der Waals surface area (Å²) in [6, 6.07) is 59.8. The first kappa shape index (κ1) is 35.6. The standard InChI is InChI=1S/C21H15N3O.C13H10O.C12H9N3O/c25-18-14-8-7-13-17(18)21-23-19(15-9-3-1-4-10-15)22-20(24-21)16-11-5-2-6-12-16;14-13(11-7-3-1-4-8-11)12-9-5-2-6-10-12;16-12-8-4-3-7-11(12)15-13-9-5-1-2-6-10(9)14-15/h1-14,25H;1-10H;1-8,16H. The Kier molecular flexibility index (Phi) is 11.1. The third kappa shape index (κ3) is 8.82. The number of benzene rings is 7. The maximum atomic E-state index is 11.8. The number of nitrogens with zero attached hydrogens (tertiary/aromatic N) is 6. The predicted octanol–water partition coefficient (Wildman–Crippen LogP) is 9.62. The lowest BCUT2D eigenvalue weighted by Gasteiger charge is -2.09. The monoisotopic (exact) mass is 718 g/mol. The zero-order valence-corrected chi connectivity index (χ0v) is 29.5. The number of hydrogen-bond acceptors (Lipinski definition) is 8. The molecule has 9 nitrogen and oxygen atoms in total. The zero-order chi connectivity index (χ0) is 37.8. The summed E-state index contributed by atoms with van der Waals surface area (Å²) in [5.74, 6) is 1.99. The number of fused-ring (bicyclic) bond motifs is 1. The van der Waals surface area contributed by atoms with E-state index in [2.05, 4.69) is 25.1 Å². The quantitative estimate of drug-likeness (QED) is 0.163. The average Bonchev–Trinajstić information content (AvgIpc) is 3.70. The second kappa shape index (κ2) is 17.2. The van der Waals surface area contributed by atoms with Crippen molar-refractivity contribution < 1.29 is 15.0 Å². The molecule has 0 fully saturated rings. The highest BCUT2D eigenvalue weighted by Crippen LogP contribution is 2.29. The minimum atomic E-state index is 0.0752. The third-order valence-electron chi connectivity index (χ3n) is 8.30. The molecule has 0 aliphatic heterocycles. The molecule has 2 N–H and O–H groups in total. The molecule has 9 heteroatoms. The molecule has 0 saturated heterocycles. The highest BCUT2D eigenvalue weighted by Gasteiger charge is 2.14. The Bertz CT molecular complexity index is 2500. The number of phenols is 2. The van der Waals surface area contributed by atoms with Crippen LogP contribution in [0.1, 0.15) is 15.9 Å². The fourth-order valence-electron chi connectivity index (χ4n) is 5.54. The van der Waals surface area contributed by atoms with Crippen molar-refractivity contribution in [2.45, 2.75) is 0 Å². The topological polar surface area (TPSA) is 127 Å². The Morgan fingerprint density at radius 3 is 1.25 bits per heavy atom. The highest BCUT2D eigenvalue weighted by atomic mass is 16.3. The van der Waals surface area contributed by atoms with Gasteiger partial charge in [0.15, 0.2) is 23.3 Å². The van der Waals surface area contributed by atoms with Gasteiger partial charge in [-0.2, -0.15) is 0 Å². The molecule has 9 aromatic rings. The van der Waals surface area contributed by atoms with E-state index in [1.807, 2.05) is 158 Å². The second-order valence-corrected chi connectivity index (χ2v) is 12.1. The van der Waals surface area contributed by atoms with Crippen LogP contribution in [0.5, 0.6) is 11.5 Å². The first-order valence-electron chi connectivity index (χ1n) is 17.4. The number of para-hydroxylation sites is 3. The predicted molar refractivity (Wildman–Crippen MR) is 215 cm³/mol. The SMILES string of the molecule is O=C(c1ccccc1)c1ccccc1.Oc1ccccc1-c1nc(-c2ccccc2)nc(-c2ccccc2)n1.Oc1ccccc1-n1nc2ccccc2n1. The van der Waals surface area contributed by atoms with Crippen LogP contribution in [0, 0.1) is 0 Å². The van der Waals surface area contributed by atoms with Gasteiger partial charge >= 0.3 is 0 Å². The maximum absolute atomic E-state index is 11.8. The number of aromatic hydroxyl groups is 2. The summed E-state index contributed by atoms with van der Waals surface area (Å²) in [5, 5.41) is 28.5. The number of ketones is 1. The molecule has 7 aromatic carbocycles. The van der Waals surface area contributed by atoms with Crippen LogP contribution < -0.4 is 0 Å². The van der Waals surface area contributed by atoms with Crippen molar-refractivity contribution in [1.29, 1.82) is 0 Å². The summed E-state index contributed by atoms with van der Waals surface area (Å²) in [6.45, 7) is 0. The van der Waals surface area contributed by atoms with Crippen molar-refractivity contribution in [1.82, 2.24) is 29.9 Å². The summed E-state index contributed by atoms with van der Waals surface area (Å²) in [4.78, 5) is 27.1. The molecule has 0 amide bonds. The molecule has 0 bridgehead atoms. The molecule has 9 rings (SSSR count). The fourth-order valence-corrected chi connectivity index (χ4v) is 5.54. The van der Waals surface area contributed by atoms with Gasteiger partial charge < -0.3 is 10.2 Å². The smallest absolute Gasteiger partial charge is 0.193 e. The van der Waals surface area contributed by atoms with Crippen molar-refractivity contribution in [3.05, 3.63) is 205 Å². The summed E-state index contributed by atoms with van der Waals surface area (Å²) in [5.41, 5.74) is 6.06. The Hall–Kier alpha value is -7.78. The summed E-state index contributed by atoms with van der Waals surface area (Å²) in [6.07, 6.45) is 0. The van der Waals surface area contributed by atoms with Crippen LogP contribution in [0.2, 0.25) is 0 Å². The Balaban J connectivity index is 0.000000134. The van der Waals surface area contributed by atoms with E-state index >= 15 is 0 Å². The third-order valence-corrected chi connectivity index (χ3v) is 8.30. The van der Waals surface area contributed by atoms with Crippen LogP contribution in [0.4, 0.5) is 0 Å². The number of aromatic nitrogens is 6. The summed E-state index contributed by atoms with van der Waals surface area (Å²) in [7, 11) is 0. The normalized spacial score (nSPS) is 10.4. The first-order valence-corrected chi connectivity index (χ1v) is 17.4. The van der Waals surface area contributed by atoms with E-state index < -0.39 is 0 Å². The molecule has 0 atom stereocenters. The molecule has 0 unspecified atom stereocenters. The van der Waals surface area contributed by atoms with Gasteiger partial charge in [-0.1, -0.05) is 158 Å². The number of carbonyl (C=O) groups excluding carboxylic acids is 1. The lowest BCUT2D eigenvalue weighted by Crippen LogP contribution is -2.00. The Morgan fingerprint density at radius 2 is 0.782 bits per heavy atom. The van der Waals surface area contributed by atoms with Crippen LogP contribution in [0.15, 0.2) is 194 Å². The van der Waals surface area contributed by atoms with Gasteiger partial charge in [0, 0.05) is 22.3 Å². The van der Waals surface area contributed by atoms with Crippen LogP contribution in [0.25, 0.3) is 50.9 Å². The molecule has 266 valence electrons. The Morgan fingerprint density at radius 1 is 0.400 bits per heavy atom. The fraction of sp³-hybridized carbons (Fsp3) is 0. The van der Waals surface area contributed by atoms with Gasteiger partial charge in [0.05, 0.1) is 5.56 Å². The first-order chi connectivity index (χ1) is 27.0. The lowest BCUT2D eigenvalue weighted by molar-refractivity contribution is 0.103. The molecule has 0 aliphatic carbocycles. The van der Waals surface area contributed by atoms with E-state index in [9.17, 15) is 15.0 Å². The highest BCUT2D eigenvalue weighted by molar-refractivity contribution is 6.08. The Labute approximate surface area is 317 Å². The van der Waals surface area contributed by atoms with Crippen LogP contribution in [0.3, 0.4) is 0 Å². The van der Waals surface area contributed by atoms with Crippen molar-refractivity contribution in [2.75, 3.05) is 0 Å². The van der Waals surface area contributed by atoms with Gasteiger partial charge in [-0.25, -0.2) is 15.0 Å². The van der Waals surface area contributed by atoms with Crippen molar-refractivity contribution >= 4 is 16.8 Å². The molecule has 0 aliphatic rings. The van der Waals surface area contributed by atoms with E-state index in [1.54, 1.807) is 36.4 Å². The number of hydrogen-bond donors (Lipinski definition) is 2. The van der Waals surface area contributed by atoms with Crippen molar-refractivity contribution in [3.63, 3.8) is 0 Å². The van der Waals surface area contributed by atoms with Crippen molar-refractivity contribution in [2.24, 2.45) is 0 Å². The van der Waals surface area contributed by atoms with Gasteiger partial charge in [0.25, 0.3) is 0 Å². The second-order valence-electron chi connectivity index (χ2n) is 12.1. The maximum Gasteiger partial charge on any atom is 0.193 e. The van der Waals surface area contributed by atoms with Gasteiger partial charge in [-0.15, -0.1) is 15.0 Å². The molecule has 2 aromatic heterocycles. The van der Waals surface area contributed by atoms with Gasteiger partial charge in [-0.3, -0.25) is 4.79 Å². The van der Waals surface area contributed by atoms with Gasteiger partial charge in [0.1, 0.15) is 28.2 Å². The van der Waals surface area contributed by atoms with Crippen LogP contribution in [-0.4, -0.2) is 45.9 Å². The molecule has 55 heavy (non-hydrogen) atoms. The number of carbonyl (C=O) groups is 1. The average molecular weight is 719 g/mol. The lowest BCUT2D eigenvalue weighted by atomic mass is 10.0. The molecule has 0 saturated carbocycles. The molecule has 2 heterocycles.